The van der Waals surface area contributed by atoms with Crippen LogP contribution < -0.4 is 4.90 Å². The summed E-state index contributed by atoms with van der Waals surface area (Å²) in [4.78, 5) is 6.80. The highest BCUT2D eigenvalue weighted by Gasteiger charge is 2.15. The maximum absolute atomic E-state index is 9.84. The van der Waals surface area contributed by atoms with E-state index in [9.17, 15) is 5.11 Å². The number of aromatic nitrogens is 1. The Labute approximate surface area is 102 Å². The first kappa shape index (κ1) is 12.3. The standard InChI is InChI=1S/C13H20N2O2/c1-3-12(16)11-4-5-13(14-10(11)2)15-6-8-17-9-7-15/h4-5,12,16H,3,6-9H2,1-2H3/t12-/m0/s1. The van der Waals surface area contributed by atoms with Crippen molar-refractivity contribution in [2.75, 3.05) is 31.2 Å². The van der Waals surface area contributed by atoms with Crippen LogP contribution in [0.1, 0.15) is 30.7 Å². The molecule has 0 saturated carbocycles. The van der Waals surface area contributed by atoms with Gasteiger partial charge in [-0.05, 0) is 19.4 Å². The molecule has 0 aromatic carbocycles. The summed E-state index contributed by atoms with van der Waals surface area (Å²) in [7, 11) is 0. The van der Waals surface area contributed by atoms with Crippen LogP contribution in [-0.4, -0.2) is 36.4 Å². The largest absolute Gasteiger partial charge is 0.388 e. The normalized spacial score (nSPS) is 18.2. The van der Waals surface area contributed by atoms with Crippen molar-refractivity contribution in [3.8, 4) is 0 Å². The number of pyridine rings is 1. The van der Waals surface area contributed by atoms with Gasteiger partial charge in [-0.25, -0.2) is 4.98 Å². The Morgan fingerprint density at radius 1 is 1.41 bits per heavy atom. The number of hydrogen-bond acceptors (Lipinski definition) is 4. The van der Waals surface area contributed by atoms with Gasteiger partial charge in [-0.2, -0.15) is 0 Å². The molecule has 0 spiro atoms. The highest BCUT2D eigenvalue weighted by molar-refractivity contribution is 5.42. The van der Waals surface area contributed by atoms with Crippen molar-refractivity contribution in [3.05, 3.63) is 23.4 Å². The molecule has 1 N–H and O–H groups in total. The molecule has 1 aliphatic heterocycles. The van der Waals surface area contributed by atoms with E-state index >= 15 is 0 Å². The average Bonchev–Trinajstić information content (AvgIpc) is 2.39. The highest BCUT2D eigenvalue weighted by atomic mass is 16.5. The van der Waals surface area contributed by atoms with E-state index in [1.54, 1.807) is 0 Å². The Bertz CT molecular complexity index is 376. The van der Waals surface area contributed by atoms with Crippen molar-refractivity contribution in [2.45, 2.75) is 26.4 Å². The molecule has 2 heterocycles. The Kier molecular flexibility index (Phi) is 3.97. The fourth-order valence-electron chi connectivity index (χ4n) is 2.10. The minimum atomic E-state index is -0.402. The minimum Gasteiger partial charge on any atom is -0.388 e. The summed E-state index contributed by atoms with van der Waals surface area (Å²) in [5.74, 6) is 0.984. The topological polar surface area (TPSA) is 45.6 Å². The molecule has 2 rings (SSSR count). The lowest BCUT2D eigenvalue weighted by molar-refractivity contribution is 0.122. The van der Waals surface area contributed by atoms with E-state index < -0.39 is 6.10 Å². The fourth-order valence-corrected chi connectivity index (χ4v) is 2.10. The number of rotatable bonds is 3. The van der Waals surface area contributed by atoms with Gasteiger partial charge in [0.1, 0.15) is 5.82 Å². The quantitative estimate of drug-likeness (QED) is 0.867. The third kappa shape index (κ3) is 2.76. The fraction of sp³-hybridized carbons (Fsp3) is 0.615. The molecular formula is C13H20N2O2. The Morgan fingerprint density at radius 2 is 2.12 bits per heavy atom. The average molecular weight is 236 g/mol. The van der Waals surface area contributed by atoms with Gasteiger partial charge in [-0.3, -0.25) is 0 Å². The zero-order valence-corrected chi connectivity index (χ0v) is 10.5. The SMILES string of the molecule is CC[C@H](O)c1ccc(N2CCOCC2)nc1C. The van der Waals surface area contributed by atoms with Crippen molar-refractivity contribution in [1.29, 1.82) is 0 Å². The van der Waals surface area contributed by atoms with Crippen LogP contribution in [0.4, 0.5) is 5.82 Å². The van der Waals surface area contributed by atoms with Crippen LogP contribution in [0.2, 0.25) is 0 Å². The number of ether oxygens (including phenoxy) is 1. The summed E-state index contributed by atoms with van der Waals surface area (Å²) >= 11 is 0. The molecular weight excluding hydrogens is 216 g/mol. The van der Waals surface area contributed by atoms with Crippen LogP contribution in [0.3, 0.4) is 0 Å². The summed E-state index contributed by atoms with van der Waals surface area (Å²) in [6, 6.07) is 3.98. The first-order valence-corrected chi connectivity index (χ1v) is 6.20. The number of aryl methyl sites for hydroxylation is 1. The third-order valence-corrected chi connectivity index (χ3v) is 3.19. The molecule has 0 radical (unpaired) electrons. The van der Waals surface area contributed by atoms with E-state index in [4.69, 9.17) is 4.74 Å². The molecule has 1 aromatic rings. The second-order valence-corrected chi connectivity index (χ2v) is 4.37. The molecule has 1 aromatic heterocycles. The van der Waals surface area contributed by atoms with E-state index in [-0.39, 0.29) is 0 Å². The van der Waals surface area contributed by atoms with Crippen LogP contribution in [0.5, 0.6) is 0 Å². The molecule has 1 aliphatic rings. The zero-order valence-electron chi connectivity index (χ0n) is 10.5. The number of anilines is 1. The second-order valence-electron chi connectivity index (χ2n) is 4.37. The lowest BCUT2D eigenvalue weighted by atomic mass is 10.1. The summed E-state index contributed by atoms with van der Waals surface area (Å²) in [6.45, 7) is 7.24. The van der Waals surface area contributed by atoms with Gasteiger partial charge in [0.2, 0.25) is 0 Å². The van der Waals surface area contributed by atoms with Gasteiger partial charge in [0, 0.05) is 24.3 Å². The van der Waals surface area contributed by atoms with Gasteiger partial charge < -0.3 is 14.7 Å². The van der Waals surface area contributed by atoms with Gasteiger partial charge in [-0.1, -0.05) is 13.0 Å². The first-order valence-electron chi connectivity index (χ1n) is 6.20. The Hall–Kier alpha value is -1.13. The van der Waals surface area contributed by atoms with Crippen molar-refractivity contribution in [3.63, 3.8) is 0 Å². The highest BCUT2D eigenvalue weighted by Crippen LogP contribution is 2.22. The molecule has 0 unspecified atom stereocenters. The number of morpholine rings is 1. The van der Waals surface area contributed by atoms with E-state index in [1.165, 1.54) is 0 Å². The van der Waals surface area contributed by atoms with Crippen molar-refractivity contribution in [1.82, 2.24) is 4.98 Å². The second kappa shape index (κ2) is 5.47. The summed E-state index contributed by atoms with van der Waals surface area (Å²) in [5.41, 5.74) is 1.85. The van der Waals surface area contributed by atoms with Crippen LogP contribution in [0.15, 0.2) is 12.1 Å². The molecule has 1 saturated heterocycles. The van der Waals surface area contributed by atoms with Crippen molar-refractivity contribution in [2.24, 2.45) is 0 Å². The Balaban J connectivity index is 2.17. The Morgan fingerprint density at radius 3 is 2.71 bits per heavy atom. The van der Waals surface area contributed by atoms with E-state index in [1.807, 2.05) is 26.0 Å². The predicted octanol–water partition coefficient (Wildman–Crippen LogP) is 1.67. The van der Waals surface area contributed by atoms with Crippen LogP contribution in [0.25, 0.3) is 0 Å². The number of hydrogen-bond donors (Lipinski definition) is 1. The van der Waals surface area contributed by atoms with Gasteiger partial charge >= 0.3 is 0 Å². The van der Waals surface area contributed by atoms with Gasteiger partial charge in [0.05, 0.1) is 19.3 Å². The van der Waals surface area contributed by atoms with Gasteiger partial charge in [0.25, 0.3) is 0 Å². The number of nitrogens with zero attached hydrogens (tertiary/aromatic N) is 2. The van der Waals surface area contributed by atoms with Crippen LogP contribution in [0, 0.1) is 6.92 Å². The summed E-state index contributed by atoms with van der Waals surface area (Å²) in [6.07, 6.45) is 0.320. The van der Waals surface area contributed by atoms with E-state index in [0.717, 1.165) is 49.8 Å². The number of aliphatic hydroxyl groups is 1. The molecule has 0 aliphatic carbocycles. The zero-order chi connectivity index (χ0) is 12.3. The van der Waals surface area contributed by atoms with Crippen LogP contribution >= 0.6 is 0 Å². The maximum Gasteiger partial charge on any atom is 0.128 e. The van der Waals surface area contributed by atoms with E-state index in [2.05, 4.69) is 9.88 Å². The third-order valence-electron chi connectivity index (χ3n) is 3.19. The molecule has 94 valence electrons. The molecule has 0 bridgehead atoms. The predicted molar refractivity (Wildman–Crippen MR) is 67.3 cm³/mol. The van der Waals surface area contributed by atoms with Crippen LogP contribution in [-0.2, 0) is 4.74 Å². The van der Waals surface area contributed by atoms with Crippen molar-refractivity contribution < 1.29 is 9.84 Å². The minimum absolute atomic E-state index is 0.402. The molecule has 4 nitrogen and oxygen atoms in total. The molecule has 1 atom stereocenters. The lowest BCUT2D eigenvalue weighted by Crippen LogP contribution is -2.36. The monoisotopic (exact) mass is 236 g/mol. The molecule has 0 amide bonds. The summed E-state index contributed by atoms with van der Waals surface area (Å²) in [5, 5.41) is 9.84. The van der Waals surface area contributed by atoms with Crippen molar-refractivity contribution >= 4 is 5.82 Å². The number of aliphatic hydroxyl groups excluding tert-OH is 1. The molecule has 4 heteroatoms. The molecule has 1 fully saturated rings. The smallest absolute Gasteiger partial charge is 0.128 e. The van der Waals surface area contributed by atoms with E-state index in [0.29, 0.717) is 0 Å². The molecule has 17 heavy (non-hydrogen) atoms. The summed E-state index contributed by atoms with van der Waals surface area (Å²) < 4.78 is 5.32. The maximum atomic E-state index is 9.84. The van der Waals surface area contributed by atoms with Gasteiger partial charge in [0.15, 0.2) is 0 Å². The first-order chi connectivity index (χ1) is 8.22. The van der Waals surface area contributed by atoms with Gasteiger partial charge in [-0.15, -0.1) is 0 Å². The lowest BCUT2D eigenvalue weighted by Gasteiger charge is -2.28.